The molecule has 0 aliphatic rings. The van der Waals surface area contributed by atoms with Crippen LogP contribution < -0.4 is 9.92 Å². The second kappa shape index (κ2) is 2.69. The molecule has 0 amide bonds. The van der Waals surface area contributed by atoms with Gasteiger partial charge in [0.05, 0.1) is 7.11 Å². The lowest BCUT2D eigenvalue weighted by Crippen LogP contribution is -2.00. The van der Waals surface area contributed by atoms with Crippen molar-refractivity contribution >= 4 is 15.4 Å². The van der Waals surface area contributed by atoms with Gasteiger partial charge in [0.15, 0.2) is 0 Å². The van der Waals surface area contributed by atoms with Crippen LogP contribution in [-0.2, 0) is 0 Å². The second-order valence-electron chi connectivity index (χ2n) is 1.85. The minimum absolute atomic E-state index is 0.933. The van der Waals surface area contributed by atoms with E-state index in [0.717, 1.165) is 5.75 Å². The van der Waals surface area contributed by atoms with Crippen LogP contribution in [0.3, 0.4) is 0 Å². The van der Waals surface area contributed by atoms with E-state index in [-0.39, 0.29) is 0 Å². The molecule has 0 fully saturated rings. The quantitative estimate of drug-likeness (QED) is 0.493. The van der Waals surface area contributed by atoms with Crippen LogP contribution in [0.1, 0.15) is 0 Å². The highest BCUT2D eigenvalue weighted by Gasteiger charge is 1.86. The third-order valence-corrected chi connectivity index (χ3v) is 1.57. The second-order valence-corrected chi connectivity index (χ2v) is 2.67. The van der Waals surface area contributed by atoms with Gasteiger partial charge in [0.25, 0.3) is 0 Å². The smallest absolute Gasteiger partial charge is 0.118 e. The third-order valence-electron chi connectivity index (χ3n) is 1.13. The van der Waals surface area contributed by atoms with E-state index >= 15 is 0 Å². The molecule has 0 bridgehead atoms. The van der Waals surface area contributed by atoms with Crippen molar-refractivity contribution < 1.29 is 4.74 Å². The van der Waals surface area contributed by atoms with Gasteiger partial charge in [-0.15, -0.1) is 0 Å². The van der Waals surface area contributed by atoms with Crippen LogP contribution in [-0.4, -0.2) is 17.4 Å². The average Bonchev–Trinajstić information content (AvgIpc) is 1.88. The Hall–Kier alpha value is -0.763. The first-order valence-electron chi connectivity index (χ1n) is 2.79. The summed E-state index contributed by atoms with van der Waals surface area (Å²) in [6.45, 7) is 0. The first-order chi connectivity index (χ1) is 4.33. The molecule has 0 aromatic heterocycles. The number of benzene rings is 1. The Kier molecular flexibility index (Phi) is 1.90. The molecule has 0 unspecified atom stereocenters. The lowest BCUT2D eigenvalue weighted by Gasteiger charge is -1.97. The zero-order valence-corrected chi connectivity index (χ0v) is 6.84. The largest absolute Gasteiger partial charge is 0.497 e. The van der Waals surface area contributed by atoms with Crippen LogP contribution in [0.2, 0.25) is 0 Å². The SMILES string of the molecule is COc1cccc([SiH2])c1. The molecule has 0 heterocycles. The van der Waals surface area contributed by atoms with E-state index < -0.39 is 0 Å². The summed E-state index contributed by atoms with van der Waals surface area (Å²) < 4.78 is 5.00. The highest BCUT2D eigenvalue weighted by Crippen LogP contribution is 2.03. The van der Waals surface area contributed by atoms with E-state index in [4.69, 9.17) is 4.74 Å². The average molecular weight is 137 g/mol. The van der Waals surface area contributed by atoms with Crippen LogP contribution in [0.4, 0.5) is 0 Å². The molecule has 9 heavy (non-hydrogen) atoms. The van der Waals surface area contributed by atoms with Gasteiger partial charge in [-0.05, 0) is 12.1 Å². The standard InChI is InChI=1S/C7H9OSi/c1-8-6-3-2-4-7(9)5-6/h2-5H,9H2,1H3. The Bertz CT molecular complexity index is 198. The minimum atomic E-state index is 0.933. The molecule has 1 rings (SSSR count). The van der Waals surface area contributed by atoms with Gasteiger partial charge in [-0.25, -0.2) is 0 Å². The molecule has 0 atom stereocenters. The highest BCUT2D eigenvalue weighted by molar-refractivity contribution is 6.32. The van der Waals surface area contributed by atoms with Crippen LogP contribution in [0.5, 0.6) is 5.75 Å². The maximum atomic E-state index is 5.00. The molecular formula is C7H9OSi. The molecular weight excluding hydrogens is 128 g/mol. The van der Waals surface area contributed by atoms with E-state index in [1.807, 2.05) is 28.4 Å². The molecule has 2 heteroatoms. The topological polar surface area (TPSA) is 9.23 Å². The van der Waals surface area contributed by atoms with E-state index in [9.17, 15) is 0 Å². The molecule has 1 aromatic carbocycles. The van der Waals surface area contributed by atoms with E-state index in [1.165, 1.54) is 5.19 Å². The van der Waals surface area contributed by atoms with Crippen LogP contribution >= 0.6 is 0 Å². The number of ether oxygens (including phenoxy) is 1. The van der Waals surface area contributed by atoms with E-state index in [0.29, 0.717) is 0 Å². The monoisotopic (exact) mass is 137 g/mol. The molecule has 0 spiro atoms. The van der Waals surface area contributed by atoms with Crippen molar-refractivity contribution in [2.24, 2.45) is 0 Å². The van der Waals surface area contributed by atoms with Gasteiger partial charge >= 0.3 is 0 Å². The van der Waals surface area contributed by atoms with Crippen molar-refractivity contribution in [3.63, 3.8) is 0 Å². The molecule has 0 N–H and O–H groups in total. The Morgan fingerprint density at radius 3 is 2.67 bits per heavy atom. The predicted molar refractivity (Wildman–Crippen MR) is 41.2 cm³/mol. The van der Waals surface area contributed by atoms with Crippen molar-refractivity contribution in [3.05, 3.63) is 24.3 Å². The summed E-state index contributed by atoms with van der Waals surface area (Å²) in [5.41, 5.74) is 0. The van der Waals surface area contributed by atoms with Gasteiger partial charge in [-0.2, -0.15) is 0 Å². The summed E-state index contributed by atoms with van der Waals surface area (Å²) >= 11 is 0. The summed E-state index contributed by atoms with van der Waals surface area (Å²) in [4.78, 5) is 0. The van der Waals surface area contributed by atoms with Gasteiger partial charge in [-0.3, -0.25) is 0 Å². The summed E-state index contributed by atoms with van der Waals surface area (Å²) in [7, 11) is 3.53. The molecule has 1 radical (unpaired) electrons. The normalized spacial score (nSPS) is 9.11. The van der Waals surface area contributed by atoms with E-state index in [1.54, 1.807) is 7.11 Å². The van der Waals surface area contributed by atoms with Crippen molar-refractivity contribution in [1.82, 2.24) is 0 Å². The summed E-state index contributed by atoms with van der Waals surface area (Å²) in [6.07, 6.45) is 0. The Morgan fingerprint density at radius 2 is 2.22 bits per heavy atom. The lowest BCUT2D eigenvalue weighted by atomic mass is 10.3. The molecule has 47 valence electrons. The van der Waals surface area contributed by atoms with Crippen LogP contribution in [0, 0.1) is 0 Å². The maximum Gasteiger partial charge on any atom is 0.118 e. The maximum absolute atomic E-state index is 5.00. The predicted octanol–water partition coefficient (Wildman–Crippen LogP) is -0.0464. The summed E-state index contributed by atoms with van der Waals surface area (Å²) in [5.74, 6) is 0.933. The van der Waals surface area contributed by atoms with Crippen molar-refractivity contribution in [2.75, 3.05) is 7.11 Å². The number of hydrogen-bond donors (Lipinski definition) is 0. The third kappa shape index (κ3) is 1.57. The fourth-order valence-electron chi connectivity index (χ4n) is 0.672. The number of rotatable bonds is 1. The minimum Gasteiger partial charge on any atom is -0.497 e. The van der Waals surface area contributed by atoms with Gasteiger partial charge in [0.2, 0.25) is 0 Å². The Labute approximate surface area is 58.1 Å². The first-order valence-corrected chi connectivity index (χ1v) is 3.49. The molecule has 0 aliphatic heterocycles. The number of methoxy groups -OCH3 is 1. The van der Waals surface area contributed by atoms with Crippen molar-refractivity contribution in [1.29, 1.82) is 0 Å². The van der Waals surface area contributed by atoms with Crippen molar-refractivity contribution in [2.45, 2.75) is 0 Å². The molecule has 0 saturated heterocycles. The van der Waals surface area contributed by atoms with Gasteiger partial charge < -0.3 is 4.74 Å². The molecule has 0 saturated carbocycles. The van der Waals surface area contributed by atoms with Gasteiger partial charge in [0.1, 0.15) is 5.75 Å². The lowest BCUT2D eigenvalue weighted by molar-refractivity contribution is 0.415. The molecule has 1 nitrogen and oxygen atoms in total. The molecule has 0 aliphatic carbocycles. The highest BCUT2D eigenvalue weighted by atomic mass is 28.1. The Balaban J connectivity index is 2.94. The zero-order valence-electron chi connectivity index (χ0n) is 5.42. The fraction of sp³-hybridized carbons (Fsp3) is 0.143. The zero-order chi connectivity index (χ0) is 6.69. The Morgan fingerprint density at radius 1 is 1.44 bits per heavy atom. The summed E-state index contributed by atoms with van der Waals surface area (Å²) in [6, 6.07) is 8.00. The first kappa shape index (κ1) is 6.36. The number of hydrogen-bond acceptors (Lipinski definition) is 1. The van der Waals surface area contributed by atoms with Crippen LogP contribution in [0.25, 0.3) is 0 Å². The summed E-state index contributed by atoms with van der Waals surface area (Å²) in [5, 5.41) is 1.26. The van der Waals surface area contributed by atoms with E-state index in [2.05, 4.69) is 6.07 Å². The molecule has 1 aromatic rings. The van der Waals surface area contributed by atoms with Gasteiger partial charge in [-0.1, -0.05) is 17.3 Å². The van der Waals surface area contributed by atoms with Crippen LogP contribution in [0.15, 0.2) is 24.3 Å². The van der Waals surface area contributed by atoms with Gasteiger partial charge in [0, 0.05) is 10.2 Å². The fourth-order valence-corrected chi connectivity index (χ4v) is 1.01. The van der Waals surface area contributed by atoms with Crippen molar-refractivity contribution in [3.8, 4) is 5.75 Å².